The Bertz CT molecular complexity index is 552. The molecule has 0 unspecified atom stereocenters. The van der Waals surface area contributed by atoms with Crippen LogP contribution in [0.2, 0.25) is 0 Å². The van der Waals surface area contributed by atoms with Crippen LogP contribution in [0.5, 0.6) is 11.5 Å². The monoisotopic (exact) mass is 244 g/mol. The Kier molecular flexibility index (Phi) is 3.54. The van der Waals surface area contributed by atoms with Crippen molar-refractivity contribution in [2.24, 2.45) is 5.73 Å². The number of pyridine rings is 1. The number of nitrogens with two attached hydrogens (primary N) is 1. The average molecular weight is 244 g/mol. The molecule has 0 atom stereocenters. The highest BCUT2D eigenvalue weighted by Crippen LogP contribution is 2.21. The lowest BCUT2D eigenvalue weighted by Crippen LogP contribution is -2.12. The van der Waals surface area contributed by atoms with Crippen molar-refractivity contribution in [3.63, 3.8) is 0 Å². The molecule has 0 saturated carbocycles. The minimum Gasteiger partial charge on any atom is -0.457 e. The van der Waals surface area contributed by atoms with E-state index in [0.29, 0.717) is 11.5 Å². The van der Waals surface area contributed by atoms with Crippen LogP contribution < -0.4 is 10.5 Å². The Morgan fingerprint density at radius 2 is 1.94 bits per heavy atom. The number of rotatable bonds is 4. The third-order valence-corrected chi connectivity index (χ3v) is 2.33. The van der Waals surface area contributed by atoms with Gasteiger partial charge in [-0.05, 0) is 23.8 Å². The second kappa shape index (κ2) is 5.29. The van der Waals surface area contributed by atoms with E-state index >= 15 is 0 Å². The van der Waals surface area contributed by atoms with Crippen LogP contribution in [0.3, 0.4) is 0 Å². The molecule has 5 nitrogen and oxygen atoms in total. The molecule has 0 spiro atoms. The largest absolute Gasteiger partial charge is 0.457 e. The van der Waals surface area contributed by atoms with Crippen molar-refractivity contribution in [2.45, 2.75) is 6.61 Å². The normalized spacial score (nSPS) is 10.1. The van der Waals surface area contributed by atoms with Gasteiger partial charge in [0.15, 0.2) is 0 Å². The molecule has 2 rings (SSSR count). The Hall–Kier alpha value is -2.40. The molecule has 0 saturated heterocycles. The van der Waals surface area contributed by atoms with Crippen molar-refractivity contribution < 1.29 is 14.6 Å². The van der Waals surface area contributed by atoms with Crippen molar-refractivity contribution in [1.29, 1.82) is 0 Å². The molecular weight excluding hydrogens is 232 g/mol. The average Bonchev–Trinajstić information content (AvgIpc) is 2.40. The molecule has 3 N–H and O–H groups in total. The van der Waals surface area contributed by atoms with E-state index in [9.17, 15) is 4.79 Å². The number of carbonyl (C=O) groups is 1. The van der Waals surface area contributed by atoms with Crippen LogP contribution in [-0.2, 0) is 6.61 Å². The van der Waals surface area contributed by atoms with Crippen LogP contribution in [0.4, 0.5) is 0 Å². The van der Waals surface area contributed by atoms with Gasteiger partial charge in [-0.15, -0.1) is 0 Å². The van der Waals surface area contributed by atoms with E-state index in [1.165, 1.54) is 12.3 Å². The minimum absolute atomic E-state index is 0.0125. The Morgan fingerprint density at radius 3 is 2.56 bits per heavy atom. The van der Waals surface area contributed by atoms with Crippen LogP contribution >= 0.6 is 0 Å². The van der Waals surface area contributed by atoms with E-state index < -0.39 is 5.91 Å². The summed E-state index contributed by atoms with van der Waals surface area (Å²) in [4.78, 5) is 14.8. The van der Waals surface area contributed by atoms with Crippen LogP contribution in [0, 0.1) is 0 Å². The molecule has 18 heavy (non-hydrogen) atoms. The lowest BCUT2D eigenvalue weighted by Gasteiger charge is -2.06. The molecule has 0 aliphatic heterocycles. The molecule has 92 valence electrons. The summed E-state index contributed by atoms with van der Waals surface area (Å²) in [6, 6.07) is 10.1. The van der Waals surface area contributed by atoms with Gasteiger partial charge < -0.3 is 15.6 Å². The third-order valence-electron chi connectivity index (χ3n) is 2.33. The zero-order valence-corrected chi connectivity index (χ0v) is 9.54. The first-order chi connectivity index (χ1) is 8.69. The van der Waals surface area contributed by atoms with Crippen LogP contribution in [0.1, 0.15) is 16.1 Å². The Balaban J connectivity index is 2.17. The number of nitrogens with zero attached hydrogens (tertiary/aromatic N) is 1. The van der Waals surface area contributed by atoms with Gasteiger partial charge in [0, 0.05) is 12.3 Å². The Morgan fingerprint density at radius 1 is 1.22 bits per heavy atom. The van der Waals surface area contributed by atoms with Gasteiger partial charge in [-0.1, -0.05) is 12.1 Å². The first-order valence-electron chi connectivity index (χ1n) is 5.32. The highest BCUT2D eigenvalue weighted by molar-refractivity contribution is 5.91. The molecule has 0 radical (unpaired) electrons. The standard InChI is InChI=1S/C13H12N2O3/c14-13(17)12-7-11(5-6-15-12)18-10-3-1-9(8-16)2-4-10/h1-7,16H,8H2,(H2,14,17). The number of hydrogen-bond donors (Lipinski definition) is 2. The van der Waals surface area contributed by atoms with Crippen LogP contribution in [-0.4, -0.2) is 16.0 Å². The van der Waals surface area contributed by atoms with Crippen LogP contribution in [0.15, 0.2) is 42.6 Å². The van der Waals surface area contributed by atoms with Gasteiger partial charge in [0.05, 0.1) is 6.61 Å². The van der Waals surface area contributed by atoms with Gasteiger partial charge in [-0.25, -0.2) is 0 Å². The molecule has 0 aliphatic rings. The molecule has 1 aromatic carbocycles. The van der Waals surface area contributed by atoms with Gasteiger partial charge in [0.25, 0.3) is 5.91 Å². The summed E-state index contributed by atoms with van der Waals surface area (Å²) >= 11 is 0. The summed E-state index contributed by atoms with van der Waals surface area (Å²) in [6.07, 6.45) is 1.46. The third kappa shape index (κ3) is 2.83. The number of aliphatic hydroxyl groups is 1. The van der Waals surface area contributed by atoms with E-state index in [2.05, 4.69) is 4.98 Å². The number of primary amides is 1. The summed E-state index contributed by atoms with van der Waals surface area (Å²) in [6.45, 7) is -0.0125. The maximum Gasteiger partial charge on any atom is 0.267 e. The van der Waals surface area contributed by atoms with E-state index in [1.54, 1.807) is 30.3 Å². The van der Waals surface area contributed by atoms with E-state index in [0.717, 1.165) is 5.56 Å². The molecule has 1 heterocycles. The number of carbonyl (C=O) groups excluding carboxylic acids is 1. The molecule has 5 heteroatoms. The van der Waals surface area contributed by atoms with Crippen LogP contribution in [0.25, 0.3) is 0 Å². The zero-order valence-electron chi connectivity index (χ0n) is 9.54. The van der Waals surface area contributed by atoms with E-state index in [1.807, 2.05) is 0 Å². The first kappa shape index (κ1) is 12.1. The Labute approximate surface area is 104 Å². The first-order valence-corrected chi connectivity index (χ1v) is 5.32. The second-order valence-corrected chi connectivity index (χ2v) is 3.65. The van der Waals surface area contributed by atoms with Crippen molar-refractivity contribution in [2.75, 3.05) is 0 Å². The van der Waals surface area contributed by atoms with Crippen molar-refractivity contribution in [3.8, 4) is 11.5 Å². The summed E-state index contributed by atoms with van der Waals surface area (Å²) < 4.78 is 5.54. The fourth-order valence-electron chi connectivity index (χ4n) is 1.41. The quantitative estimate of drug-likeness (QED) is 0.852. The van der Waals surface area contributed by atoms with E-state index in [4.69, 9.17) is 15.6 Å². The fourth-order valence-corrected chi connectivity index (χ4v) is 1.41. The zero-order chi connectivity index (χ0) is 13.0. The molecule has 0 aliphatic carbocycles. The molecule has 1 aromatic heterocycles. The summed E-state index contributed by atoms with van der Waals surface area (Å²) in [7, 11) is 0. The lowest BCUT2D eigenvalue weighted by atomic mass is 10.2. The molecular formula is C13H12N2O3. The van der Waals surface area contributed by atoms with Gasteiger partial charge in [0.2, 0.25) is 0 Å². The second-order valence-electron chi connectivity index (χ2n) is 3.65. The predicted molar refractivity (Wildman–Crippen MR) is 65.2 cm³/mol. The van der Waals surface area contributed by atoms with Gasteiger partial charge in [-0.3, -0.25) is 9.78 Å². The number of amides is 1. The smallest absolute Gasteiger partial charge is 0.267 e. The van der Waals surface area contributed by atoms with Crippen molar-refractivity contribution in [3.05, 3.63) is 53.9 Å². The highest BCUT2D eigenvalue weighted by Gasteiger charge is 2.04. The summed E-state index contributed by atoms with van der Waals surface area (Å²) in [5.41, 5.74) is 6.08. The summed E-state index contributed by atoms with van der Waals surface area (Å²) in [5, 5.41) is 8.92. The predicted octanol–water partition coefficient (Wildman–Crippen LogP) is 1.47. The minimum atomic E-state index is -0.601. The SMILES string of the molecule is NC(=O)c1cc(Oc2ccc(CO)cc2)ccn1. The molecule has 0 bridgehead atoms. The number of benzene rings is 1. The fraction of sp³-hybridized carbons (Fsp3) is 0.0769. The molecule has 0 fully saturated rings. The molecule has 2 aromatic rings. The number of hydrogen-bond acceptors (Lipinski definition) is 4. The van der Waals surface area contributed by atoms with Gasteiger partial charge >= 0.3 is 0 Å². The topological polar surface area (TPSA) is 85.4 Å². The number of aromatic nitrogens is 1. The maximum absolute atomic E-state index is 11.0. The van der Waals surface area contributed by atoms with E-state index in [-0.39, 0.29) is 12.3 Å². The van der Waals surface area contributed by atoms with Crippen molar-refractivity contribution >= 4 is 5.91 Å². The maximum atomic E-state index is 11.0. The summed E-state index contributed by atoms with van der Waals surface area (Å²) in [5.74, 6) is 0.487. The van der Waals surface area contributed by atoms with Crippen molar-refractivity contribution in [1.82, 2.24) is 4.98 Å². The van der Waals surface area contributed by atoms with Gasteiger partial charge in [0.1, 0.15) is 17.2 Å². The lowest BCUT2D eigenvalue weighted by molar-refractivity contribution is 0.0995. The number of aliphatic hydroxyl groups excluding tert-OH is 1. The van der Waals surface area contributed by atoms with Gasteiger partial charge in [-0.2, -0.15) is 0 Å². The molecule has 1 amide bonds. The number of ether oxygens (including phenoxy) is 1. The highest BCUT2D eigenvalue weighted by atomic mass is 16.5.